The molecule has 2 rings (SSSR count). The molecule has 1 atom stereocenters. The quantitative estimate of drug-likeness (QED) is 0.684. The van der Waals surface area contributed by atoms with Gasteiger partial charge in [0.25, 0.3) is 0 Å². The minimum atomic E-state index is 0.504. The molecule has 20 heavy (non-hydrogen) atoms. The van der Waals surface area contributed by atoms with Crippen molar-refractivity contribution in [3.63, 3.8) is 0 Å². The third-order valence-corrected chi connectivity index (χ3v) is 3.98. The van der Waals surface area contributed by atoms with Crippen LogP contribution in [0, 0.1) is 5.92 Å². The number of hydrogen-bond acceptors (Lipinski definition) is 2. The topological polar surface area (TPSA) is 18.5 Å². The van der Waals surface area contributed by atoms with E-state index in [1.807, 2.05) is 42.5 Å². The predicted molar refractivity (Wildman–Crippen MR) is 85.7 cm³/mol. The Bertz CT molecular complexity index is 496. The van der Waals surface area contributed by atoms with Crippen LogP contribution in [-0.4, -0.2) is 11.9 Å². The first-order chi connectivity index (χ1) is 9.78. The first kappa shape index (κ1) is 14.9. The molecule has 0 N–H and O–H groups in total. The van der Waals surface area contributed by atoms with Crippen molar-refractivity contribution in [2.45, 2.75) is 13.5 Å². The van der Waals surface area contributed by atoms with E-state index in [2.05, 4.69) is 35.0 Å². The van der Waals surface area contributed by atoms with Crippen LogP contribution in [-0.2, 0) is 6.61 Å². The van der Waals surface area contributed by atoms with Crippen LogP contribution in [0.25, 0.3) is 0 Å². The highest BCUT2D eigenvalue weighted by Crippen LogP contribution is 2.19. The largest absolute Gasteiger partial charge is 0.493 e. The van der Waals surface area contributed by atoms with Gasteiger partial charge in [0.2, 0.25) is 0 Å². The Kier molecular flexibility index (Phi) is 5.93. The molecule has 0 aliphatic heterocycles. The molecule has 0 spiro atoms. The van der Waals surface area contributed by atoms with Crippen LogP contribution in [0.1, 0.15) is 12.5 Å². The Labute approximate surface area is 128 Å². The maximum absolute atomic E-state index is 5.73. The van der Waals surface area contributed by atoms with Crippen LogP contribution in [0.3, 0.4) is 0 Å². The summed E-state index contributed by atoms with van der Waals surface area (Å²) in [7, 11) is 0. The van der Waals surface area contributed by atoms with Gasteiger partial charge < -0.3 is 9.47 Å². The van der Waals surface area contributed by atoms with Gasteiger partial charge in [-0.3, -0.25) is 0 Å². The van der Waals surface area contributed by atoms with Gasteiger partial charge in [0.15, 0.2) is 0 Å². The van der Waals surface area contributed by atoms with Gasteiger partial charge in [0.05, 0.1) is 6.61 Å². The van der Waals surface area contributed by atoms with E-state index < -0.39 is 0 Å². The summed E-state index contributed by atoms with van der Waals surface area (Å²) in [5, 5.41) is 0.950. The van der Waals surface area contributed by atoms with Crippen LogP contribution in [0.4, 0.5) is 0 Å². The van der Waals surface area contributed by atoms with Crippen LogP contribution < -0.4 is 9.47 Å². The van der Waals surface area contributed by atoms with E-state index in [-0.39, 0.29) is 0 Å². The number of benzene rings is 2. The Morgan fingerprint density at radius 1 is 0.900 bits per heavy atom. The molecule has 0 saturated heterocycles. The van der Waals surface area contributed by atoms with Gasteiger partial charge in [-0.05, 0) is 35.7 Å². The number of halogens is 1. The van der Waals surface area contributed by atoms with Crippen molar-refractivity contribution in [1.29, 1.82) is 0 Å². The standard InChI is InChI=1S/C17H19BrO2/c1-14(11-18)12-19-16-7-9-17(10-8-16)20-13-15-5-3-2-4-6-15/h2-10,14H,11-13H2,1H3. The van der Waals surface area contributed by atoms with Crippen molar-refractivity contribution in [3.8, 4) is 11.5 Å². The lowest BCUT2D eigenvalue weighted by Crippen LogP contribution is -2.09. The molecular formula is C17H19BrO2. The van der Waals surface area contributed by atoms with Gasteiger partial charge in [-0.1, -0.05) is 53.2 Å². The molecule has 0 aliphatic rings. The lowest BCUT2D eigenvalue weighted by atomic mass is 10.2. The van der Waals surface area contributed by atoms with Gasteiger partial charge in [-0.25, -0.2) is 0 Å². The van der Waals surface area contributed by atoms with E-state index in [1.54, 1.807) is 0 Å². The third-order valence-electron chi connectivity index (χ3n) is 2.87. The summed E-state index contributed by atoms with van der Waals surface area (Å²) in [5.74, 6) is 2.24. The summed E-state index contributed by atoms with van der Waals surface area (Å²) in [5.41, 5.74) is 1.17. The van der Waals surface area contributed by atoms with Crippen molar-refractivity contribution in [1.82, 2.24) is 0 Å². The minimum Gasteiger partial charge on any atom is -0.493 e. The second-order valence-electron chi connectivity index (χ2n) is 4.82. The van der Waals surface area contributed by atoms with Gasteiger partial charge in [0.1, 0.15) is 18.1 Å². The molecular weight excluding hydrogens is 316 g/mol. The smallest absolute Gasteiger partial charge is 0.120 e. The normalized spacial score (nSPS) is 11.9. The monoisotopic (exact) mass is 334 g/mol. The van der Waals surface area contributed by atoms with Crippen molar-refractivity contribution in [2.75, 3.05) is 11.9 Å². The molecule has 0 saturated carbocycles. The molecule has 2 aromatic carbocycles. The van der Waals surface area contributed by atoms with E-state index in [9.17, 15) is 0 Å². The molecule has 0 bridgehead atoms. The van der Waals surface area contributed by atoms with Crippen molar-refractivity contribution >= 4 is 15.9 Å². The lowest BCUT2D eigenvalue weighted by Gasteiger charge is -2.11. The summed E-state index contributed by atoms with van der Waals surface area (Å²) < 4.78 is 11.4. The fourth-order valence-electron chi connectivity index (χ4n) is 1.66. The lowest BCUT2D eigenvalue weighted by molar-refractivity contribution is 0.272. The van der Waals surface area contributed by atoms with Crippen LogP contribution >= 0.6 is 15.9 Å². The number of ether oxygens (including phenoxy) is 2. The minimum absolute atomic E-state index is 0.504. The maximum atomic E-state index is 5.73. The second kappa shape index (κ2) is 7.95. The first-order valence-corrected chi connectivity index (χ1v) is 7.85. The predicted octanol–water partition coefficient (Wildman–Crippen LogP) is 4.68. The fourth-order valence-corrected chi connectivity index (χ4v) is 1.84. The summed E-state index contributed by atoms with van der Waals surface area (Å²) >= 11 is 3.44. The molecule has 0 fully saturated rings. The van der Waals surface area contributed by atoms with E-state index in [4.69, 9.17) is 9.47 Å². The van der Waals surface area contributed by atoms with E-state index in [1.165, 1.54) is 5.56 Å². The second-order valence-corrected chi connectivity index (χ2v) is 5.46. The van der Waals surface area contributed by atoms with Crippen molar-refractivity contribution < 1.29 is 9.47 Å². The average molecular weight is 335 g/mol. The van der Waals surface area contributed by atoms with Gasteiger partial charge in [-0.2, -0.15) is 0 Å². The summed E-state index contributed by atoms with van der Waals surface area (Å²) in [6, 6.07) is 17.9. The molecule has 3 heteroatoms. The van der Waals surface area contributed by atoms with Crippen molar-refractivity contribution in [3.05, 3.63) is 60.2 Å². The van der Waals surface area contributed by atoms with Gasteiger partial charge in [0, 0.05) is 5.33 Å². The number of hydrogen-bond donors (Lipinski definition) is 0. The number of alkyl halides is 1. The summed E-state index contributed by atoms with van der Waals surface area (Å²) in [6.45, 7) is 3.45. The molecule has 106 valence electrons. The van der Waals surface area contributed by atoms with Crippen LogP contribution in [0.5, 0.6) is 11.5 Å². The number of rotatable bonds is 7. The molecule has 0 aromatic heterocycles. The maximum Gasteiger partial charge on any atom is 0.120 e. The molecule has 1 unspecified atom stereocenters. The zero-order chi connectivity index (χ0) is 14.2. The van der Waals surface area contributed by atoms with Crippen molar-refractivity contribution in [2.24, 2.45) is 5.92 Å². The Balaban J connectivity index is 1.82. The highest BCUT2D eigenvalue weighted by molar-refractivity contribution is 9.09. The molecule has 0 heterocycles. The molecule has 2 aromatic rings. The van der Waals surface area contributed by atoms with Gasteiger partial charge >= 0.3 is 0 Å². The third kappa shape index (κ3) is 4.89. The average Bonchev–Trinajstić information content (AvgIpc) is 2.52. The Hall–Kier alpha value is -1.48. The fraction of sp³-hybridized carbons (Fsp3) is 0.294. The van der Waals surface area contributed by atoms with E-state index in [0.29, 0.717) is 12.5 Å². The van der Waals surface area contributed by atoms with Crippen LogP contribution in [0.15, 0.2) is 54.6 Å². The molecule has 0 aliphatic carbocycles. The zero-order valence-corrected chi connectivity index (χ0v) is 13.2. The highest BCUT2D eigenvalue weighted by Gasteiger charge is 2.02. The molecule has 0 amide bonds. The molecule has 0 radical (unpaired) electrons. The zero-order valence-electron chi connectivity index (χ0n) is 11.6. The van der Waals surface area contributed by atoms with Gasteiger partial charge in [-0.15, -0.1) is 0 Å². The Morgan fingerprint density at radius 2 is 1.50 bits per heavy atom. The molecule has 2 nitrogen and oxygen atoms in total. The Morgan fingerprint density at radius 3 is 2.10 bits per heavy atom. The summed E-state index contributed by atoms with van der Waals surface area (Å²) in [4.78, 5) is 0. The summed E-state index contributed by atoms with van der Waals surface area (Å²) in [6.07, 6.45) is 0. The van der Waals surface area contributed by atoms with E-state index in [0.717, 1.165) is 23.4 Å². The first-order valence-electron chi connectivity index (χ1n) is 6.73. The highest BCUT2D eigenvalue weighted by atomic mass is 79.9. The van der Waals surface area contributed by atoms with E-state index >= 15 is 0 Å². The van der Waals surface area contributed by atoms with Crippen LogP contribution in [0.2, 0.25) is 0 Å². The SMILES string of the molecule is CC(CBr)COc1ccc(OCc2ccccc2)cc1.